The Labute approximate surface area is 550 Å². The lowest BCUT2D eigenvalue weighted by atomic mass is 9.32. The first kappa shape index (κ1) is 86.0. The van der Waals surface area contributed by atoms with Crippen LogP contribution in [0.4, 0.5) is 0 Å². The van der Waals surface area contributed by atoms with Crippen LogP contribution in [0.25, 0.3) is 0 Å². The molecule has 0 aromatic heterocycles. The monoisotopic (exact) mass is 1210 g/mol. The second kappa shape index (κ2) is 47.8. The zero-order valence-electron chi connectivity index (χ0n) is 65.3. The Bertz CT molecular complexity index is 1510. The standard InChI is InChI=1S/C86H173/c1-26-40-45-54-75(50-32-7)62-80(38-13)86(74(20)72(18)71(17)49-31-6,68-78(53-35-10)57-48-43-29-4)85(66-70(16)65-83(24,25)39-14,67-77(52-34-9)56-47-42-28-3)84(60-36-11,61-59-69(15)64-82(21,22)23)81(73(19)79(37-12)58-44-30-5)63-76(51-33-8)55-46-41-27-2/h69-80H,26-68H2,1-25H3. The molecule has 15 unspecified atom stereocenters. The summed E-state index contributed by atoms with van der Waals surface area (Å²) in [7, 11) is 0. The number of hydrogen-bond donors (Lipinski definition) is 0. The molecule has 86 heavy (non-hydrogen) atoms. The molecule has 0 amide bonds. The minimum atomic E-state index is 0.128. The topological polar surface area (TPSA) is 0 Å². The van der Waals surface area contributed by atoms with Crippen molar-refractivity contribution in [3.8, 4) is 0 Å². The molecule has 0 fully saturated rings. The van der Waals surface area contributed by atoms with Crippen molar-refractivity contribution in [2.24, 2.45) is 98.1 Å². The lowest BCUT2D eigenvalue weighted by Gasteiger charge is -2.72. The van der Waals surface area contributed by atoms with Crippen LogP contribution in [0.15, 0.2) is 0 Å². The van der Waals surface area contributed by atoms with E-state index in [1.165, 1.54) is 276 Å². The Morgan fingerprint density at radius 3 is 1.27 bits per heavy atom. The van der Waals surface area contributed by atoms with Crippen molar-refractivity contribution >= 4 is 0 Å². The largest absolute Gasteiger partial charge is 0.0654 e. The van der Waals surface area contributed by atoms with E-state index in [-0.39, 0.29) is 16.2 Å². The Kier molecular flexibility index (Phi) is 47.8. The molecule has 0 aliphatic heterocycles. The zero-order valence-corrected chi connectivity index (χ0v) is 65.3. The fourth-order valence-electron chi connectivity index (χ4n) is 20.4. The predicted molar refractivity (Wildman–Crippen MR) is 398 cm³/mol. The number of unbranched alkanes of at least 4 members (excludes halogenated alkanes) is 9. The van der Waals surface area contributed by atoms with Gasteiger partial charge < -0.3 is 0 Å². The van der Waals surface area contributed by atoms with Gasteiger partial charge in [-0.05, 0) is 162 Å². The molecule has 0 saturated heterocycles. The van der Waals surface area contributed by atoms with E-state index in [0.29, 0.717) is 46.3 Å². The molecular weight excluding hydrogens is 1030 g/mol. The van der Waals surface area contributed by atoms with Crippen molar-refractivity contribution in [2.45, 2.75) is 449 Å². The van der Waals surface area contributed by atoms with Gasteiger partial charge in [-0.2, -0.15) is 0 Å². The van der Waals surface area contributed by atoms with Gasteiger partial charge in [-0.3, -0.25) is 0 Å². The fraction of sp³-hybridized carbons (Fsp3) is 0.988. The van der Waals surface area contributed by atoms with Gasteiger partial charge in [0.2, 0.25) is 0 Å². The van der Waals surface area contributed by atoms with E-state index in [0.717, 1.165) is 35.5 Å². The van der Waals surface area contributed by atoms with E-state index in [9.17, 15) is 0 Å². The highest BCUT2D eigenvalue weighted by Gasteiger charge is 2.69. The Morgan fingerprint density at radius 2 is 0.826 bits per heavy atom. The predicted octanol–water partition coefficient (Wildman–Crippen LogP) is 31.2. The first-order valence-electron chi connectivity index (χ1n) is 40.7. The summed E-state index contributed by atoms with van der Waals surface area (Å²) in [6, 6.07) is 0. The summed E-state index contributed by atoms with van der Waals surface area (Å²) >= 11 is 0. The van der Waals surface area contributed by atoms with Gasteiger partial charge >= 0.3 is 0 Å². The maximum Gasteiger partial charge on any atom is -0.0140 e. The molecule has 0 heterocycles. The van der Waals surface area contributed by atoms with Crippen LogP contribution in [0.1, 0.15) is 449 Å². The van der Waals surface area contributed by atoms with Crippen LogP contribution in [0.5, 0.6) is 0 Å². The average Bonchev–Trinajstić information content (AvgIpc) is 0.693. The first-order valence-corrected chi connectivity index (χ1v) is 40.7. The van der Waals surface area contributed by atoms with Crippen molar-refractivity contribution in [1.82, 2.24) is 0 Å². The number of hydrogen-bond acceptors (Lipinski definition) is 0. The highest BCUT2D eigenvalue weighted by molar-refractivity contribution is 5.25. The molecule has 1 radical (unpaired) electrons. The summed E-state index contributed by atoms with van der Waals surface area (Å²) in [6.45, 7) is 66.7. The van der Waals surface area contributed by atoms with Crippen molar-refractivity contribution in [3.05, 3.63) is 5.92 Å². The van der Waals surface area contributed by atoms with Gasteiger partial charge in [0, 0.05) is 0 Å². The Hall–Kier alpha value is 0. The highest BCUT2D eigenvalue weighted by atomic mass is 14.7. The maximum atomic E-state index is 3.07. The molecule has 0 heteroatoms. The molecule has 0 aromatic carbocycles. The van der Waals surface area contributed by atoms with Crippen LogP contribution in [-0.4, -0.2) is 0 Å². The van der Waals surface area contributed by atoms with Crippen LogP contribution >= 0.6 is 0 Å². The molecule has 517 valence electrons. The SMILES string of the molecule is CCCCCC(CCC)C[C](C(C)C(CC)CCCC)C(CCC)(CCC(C)CC(C)(C)C)C(CC(C)CC(C)(C)CC)(CC(CCC)CCCCC)C(CC(CCC)CCCCC)(C(CC)CC(CCC)CCCCC)C(C)C(C)C(C)CCC. The Balaban J connectivity index is 11.5. The van der Waals surface area contributed by atoms with Crippen LogP contribution < -0.4 is 0 Å². The van der Waals surface area contributed by atoms with Crippen molar-refractivity contribution in [2.75, 3.05) is 0 Å². The van der Waals surface area contributed by atoms with E-state index in [1.54, 1.807) is 0 Å². The number of rotatable bonds is 59. The third-order valence-corrected chi connectivity index (χ3v) is 24.9. The van der Waals surface area contributed by atoms with E-state index >= 15 is 0 Å². The summed E-state index contributed by atoms with van der Waals surface area (Å²) < 4.78 is 0. The van der Waals surface area contributed by atoms with Crippen LogP contribution in [0.2, 0.25) is 0 Å². The molecular formula is C86H173. The van der Waals surface area contributed by atoms with Gasteiger partial charge in [-0.15, -0.1) is 0 Å². The van der Waals surface area contributed by atoms with Crippen molar-refractivity contribution in [3.63, 3.8) is 0 Å². The summed E-state index contributed by atoms with van der Waals surface area (Å²) in [5.74, 6) is 10.9. The summed E-state index contributed by atoms with van der Waals surface area (Å²) in [4.78, 5) is 0. The summed E-state index contributed by atoms with van der Waals surface area (Å²) in [6.07, 6.45) is 59.8. The zero-order chi connectivity index (χ0) is 65.4. The second-order valence-electron chi connectivity index (χ2n) is 34.0. The highest BCUT2D eigenvalue weighted by Crippen LogP contribution is 2.76. The summed E-state index contributed by atoms with van der Waals surface area (Å²) in [5, 5.41) is 0. The molecule has 0 aliphatic rings. The van der Waals surface area contributed by atoms with Gasteiger partial charge in [-0.1, -0.05) is 391 Å². The molecule has 0 spiro atoms. The molecule has 0 nitrogen and oxygen atoms in total. The van der Waals surface area contributed by atoms with Crippen molar-refractivity contribution in [1.29, 1.82) is 0 Å². The van der Waals surface area contributed by atoms with Crippen LogP contribution in [-0.2, 0) is 0 Å². The minimum Gasteiger partial charge on any atom is -0.0654 e. The van der Waals surface area contributed by atoms with Gasteiger partial charge in [0.05, 0.1) is 0 Å². The molecule has 0 saturated carbocycles. The molecule has 0 rings (SSSR count). The maximum absolute atomic E-state index is 3.07. The summed E-state index contributed by atoms with van der Waals surface area (Å²) in [5.41, 5.74) is 1.08. The van der Waals surface area contributed by atoms with Gasteiger partial charge in [0.25, 0.3) is 0 Å². The first-order chi connectivity index (χ1) is 40.9. The van der Waals surface area contributed by atoms with E-state index < -0.39 is 0 Å². The van der Waals surface area contributed by atoms with E-state index in [1.807, 2.05) is 0 Å². The molecule has 0 aliphatic carbocycles. The molecule has 0 N–H and O–H groups in total. The third kappa shape index (κ3) is 29.1. The third-order valence-electron chi connectivity index (χ3n) is 24.9. The minimum absolute atomic E-state index is 0.128. The molecule has 15 atom stereocenters. The van der Waals surface area contributed by atoms with E-state index in [2.05, 4.69) is 179 Å². The fourth-order valence-corrected chi connectivity index (χ4v) is 20.4. The second-order valence-corrected chi connectivity index (χ2v) is 34.0. The van der Waals surface area contributed by atoms with Crippen LogP contribution in [0.3, 0.4) is 0 Å². The lowest BCUT2D eigenvalue weighted by molar-refractivity contribution is -0.211. The van der Waals surface area contributed by atoms with Crippen molar-refractivity contribution < 1.29 is 0 Å². The van der Waals surface area contributed by atoms with Gasteiger partial charge in [-0.25, -0.2) is 0 Å². The average molecular weight is 1210 g/mol. The Morgan fingerprint density at radius 1 is 0.360 bits per heavy atom. The quantitative estimate of drug-likeness (QED) is 0.0533. The van der Waals surface area contributed by atoms with E-state index in [4.69, 9.17) is 0 Å². The molecule has 0 aromatic rings. The van der Waals surface area contributed by atoms with Gasteiger partial charge in [0.1, 0.15) is 0 Å². The van der Waals surface area contributed by atoms with Gasteiger partial charge in [0.15, 0.2) is 0 Å². The van der Waals surface area contributed by atoms with Crippen LogP contribution in [0, 0.1) is 104 Å². The lowest BCUT2D eigenvalue weighted by Crippen LogP contribution is -2.65. The smallest absolute Gasteiger partial charge is 0.0140 e. The normalized spacial score (nSPS) is 19.2. The molecule has 0 bridgehead atoms.